The first-order valence-electron chi connectivity index (χ1n) is 12.0. The van der Waals surface area contributed by atoms with E-state index in [-0.39, 0.29) is 35.7 Å². The Labute approximate surface area is 219 Å². The van der Waals surface area contributed by atoms with Crippen LogP contribution in [0.3, 0.4) is 0 Å². The predicted molar refractivity (Wildman–Crippen MR) is 135 cm³/mol. The van der Waals surface area contributed by atoms with E-state index >= 15 is 0 Å². The highest BCUT2D eigenvalue weighted by atomic mass is 19.4. The lowest BCUT2D eigenvalue weighted by Crippen LogP contribution is -2.51. The first-order chi connectivity index (χ1) is 17.6. The van der Waals surface area contributed by atoms with Crippen LogP contribution >= 0.6 is 0 Å². The monoisotopic (exact) mass is 538 g/mol. The summed E-state index contributed by atoms with van der Waals surface area (Å²) in [5.74, 6) is -1.94. The van der Waals surface area contributed by atoms with Crippen LogP contribution in [0.5, 0.6) is 5.75 Å². The molecule has 0 saturated carbocycles. The van der Waals surface area contributed by atoms with E-state index in [2.05, 4.69) is 21.8 Å². The predicted octanol–water partition coefficient (Wildman–Crippen LogP) is 4.86. The normalized spacial score (nSPS) is 15.6. The van der Waals surface area contributed by atoms with Gasteiger partial charge < -0.3 is 14.9 Å². The molecule has 0 fully saturated rings. The first-order valence-corrected chi connectivity index (χ1v) is 12.0. The van der Waals surface area contributed by atoms with Crippen LogP contribution in [-0.4, -0.2) is 64.8 Å². The van der Waals surface area contributed by atoms with Crippen LogP contribution in [0.1, 0.15) is 51.9 Å². The number of amides is 3. The molecule has 1 aliphatic rings. The van der Waals surface area contributed by atoms with Crippen molar-refractivity contribution in [2.24, 2.45) is 11.1 Å². The summed E-state index contributed by atoms with van der Waals surface area (Å²) in [6, 6.07) is 3.77. The van der Waals surface area contributed by atoms with Gasteiger partial charge in [-0.2, -0.15) is 0 Å². The Morgan fingerprint density at radius 2 is 1.76 bits per heavy atom. The van der Waals surface area contributed by atoms with Gasteiger partial charge in [-0.05, 0) is 39.8 Å². The zero-order valence-electron chi connectivity index (χ0n) is 22.3. The highest BCUT2D eigenvalue weighted by molar-refractivity contribution is 6.06. The zero-order chi connectivity index (χ0) is 28.8. The number of nitrogens with zero attached hydrogens (tertiary/aromatic N) is 3. The van der Waals surface area contributed by atoms with Gasteiger partial charge in [0.05, 0.1) is 17.8 Å². The quantitative estimate of drug-likeness (QED) is 0.246. The van der Waals surface area contributed by atoms with Crippen LogP contribution in [0, 0.1) is 5.92 Å². The highest BCUT2D eigenvalue weighted by Crippen LogP contribution is 2.28. The molecule has 1 N–H and O–H groups in total. The third kappa shape index (κ3) is 8.35. The average Bonchev–Trinajstić information content (AvgIpc) is 2.81. The van der Waals surface area contributed by atoms with Crippen molar-refractivity contribution in [1.82, 2.24) is 15.1 Å². The van der Waals surface area contributed by atoms with Crippen LogP contribution in [0.4, 0.5) is 18.0 Å². The van der Waals surface area contributed by atoms with Crippen LogP contribution in [0.25, 0.3) is 0 Å². The van der Waals surface area contributed by atoms with Crippen molar-refractivity contribution in [1.29, 1.82) is 0 Å². The highest BCUT2D eigenvalue weighted by Gasteiger charge is 2.35. The van der Waals surface area contributed by atoms with E-state index in [1.54, 1.807) is 41.5 Å². The largest absolute Gasteiger partial charge is 0.573 e. The third-order valence-electron chi connectivity index (χ3n) is 5.29. The van der Waals surface area contributed by atoms with E-state index in [1.165, 1.54) is 29.3 Å². The lowest BCUT2D eigenvalue weighted by atomic mass is 10.0. The van der Waals surface area contributed by atoms with Crippen molar-refractivity contribution in [3.63, 3.8) is 0 Å². The van der Waals surface area contributed by atoms with Gasteiger partial charge in [0.15, 0.2) is 5.78 Å². The molecule has 0 aliphatic carbocycles. The standard InChI is InChI=1S/C26H33F3N4O5/c1-15(2)24(35)30-17(5)12-33-19(7)21(18(6)31-38-16(3)4)13-32(25(33)36)14-22(34)20-10-8-9-11-23(20)37-26(27,28)29/h8-11,13,15-17H,7,12,14H2,1-6H3,(H,30,35)/b31-18+. The summed E-state index contributed by atoms with van der Waals surface area (Å²) in [4.78, 5) is 46.3. The maximum Gasteiger partial charge on any atom is 0.573 e. The lowest BCUT2D eigenvalue weighted by Gasteiger charge is -2.37. The van der Waals surface area contributed by atoms with Crippen molar-refractivity contribution in [2.75, 3.05) is 13.1 Å². The fourth-order valence-electron chi connectivity index (χ4n) is 3.42. The molecular formula is C26H33F3N4O5. The van der Waals surface area contributed by atoms with Gasteiger partial charge in [-0.25, -0.2) is 4.79 Å². The van der Waals surface area contributed by atoms with E-state index in [1.807, 2.05) is 0 Å². The summed E-state index contributed by atoms with van der Waals surface area (Å²) in [5, 5.41) is 6.86. The molecule has 0 saturated heterocycles. The van der Waals surface area contributed by atoms with E-state index in [4.69, 9.17) is 4.84 Å². The van der Waals surface area contributed by atoms with Gasteiger partial charge in [-0.15, -0.1) is 13.2 Å². The molecule has 1 aromatic rings. The lowest BCUT2D eigenvalue weighted by molar-refractivity contribution is -0.274. The van der Waals surface area contributed by atoms with Crippen LogP contribution in [-0.2, 0) is 9.63 Å². The van der Waals surface area contributed by atoms with Gasteiger partial charge in [0.1, 0.15) is 11.9 Å². The topological polar surface area (TPSA) is 101 Å². The second-order valence-corrected chi connectivity index (χ2v) is 9.37. The molecule has 1 unspecified atom stereocenters. The third-order valence-corrected chi connectivity index (χ3v) is 5.29. The van der Waals surface area contributed by atoms with Gasteiger partial charge in [-0.3, -0.25) is 19.4 Å². The van der Waals surface area contributed by atoms with Gasteiger partial charge in [0.2, 0.25) is 5.91 Å². The van der Waals surface area contributed by atoms with Crippen molar-refractivity contribution in [3.8, 4) is 5.75 Å². The Bertz CT molecular complexity index is 1130. The molecular weight excluding hydrogens is 505 g/mol. The molecule has 0 spiro atoms. The smallest absolute Gasteiger partial charge is 0.405 e. The molecule has 0 radical (unpaired) electrons. The number of carbonyl (C=O) groups excluding carboxylic acids is 3. The molecule has 1 atom stereocenters. The Kier molecular flexibility index (Phi) is 10.1. The number of ketones is 1. The minimum absolute atomic E-state index is 0.0181. The number of carbonyl (C=O) groups is 3. The maximum absolute atomic E-state index is 13.4. The molecule has 38 heavy (non-hydrogen) atoms. The van der Waals surface area contributed by atoms with Crippen molar-refractivity contribution < 1.29 is 37.1 Å². The minimum atomic E-state index is -5.00. The number of allylic oxidation sites excluding steroid dienone is 1. The number of rotatable bonds is 11. The van der Waals surface area contributed by atoms with Gasteiger partial charge in [0.25, 0.3) is 0 Å². The Hall–Kier alpha value is -3.83. The molecule has 9 nitrogen and oxygen atoms in total. The molecule has 208 valence electrons. The van der Waals surface area contributed by atoms with Crippen LogP contribution < -0.4 is 10.1 Å². The van der Waals surface area contributed by atoms with Crippen molar-refractivity contribution in [3.05, 3.63) is 53.9 Å². The summed E-state index contributed by atoms with van der Waals surface area (Å²) in [5.41, 5.74) is 0.659. The molecule has 1 aliphatic heterocycles. The zero-order valence-corrected chi connectivity index (χ0v) is 22.3. The summed E-state index contributed by atoms with van der Waals surface area (Å²) < 4.78 is 42.5. The number of oxime groups is 1. The summed E-state index contributed by atoms with van der Waals surface area (Å²) in [6.07, 6.45) is -3.87. The number of Topliss-reactive ketones (excluding diaryl/α,β-unsaturated/α-hetero) is 1. The van der Waals surface area contributed by atoms with E-state index in [0.29, 0.717) is 11.3 Å². The maximum atomic E-state index is 13.4. The molecule has 0 bridgehead atoms. The summed E-state index contributed by atoms with van der Waals surface area (Å²) in [7, 11) is 0. The molecule has 3 amide bonds. The molecule has 1 heterocycles. The number of alkyl halides is 3. The number of urea groups is 1. The molecule has 12 heteroatoms. The first kappa shape index (κ1) is 30.4. The number of hydrogen-bond acceptors (Lipinski definition) is 6. The van der Waals surface area contributed by atoms with E-state index in [0.717, 1.165) is 11.0 Å². The Balaban J connectivity index is 2.41. The second-order valence-electron chi connectivity index (χ2n) is 9.37. The number of ether oxygens (including phenoxy) is 1. The molecule has 0 aromatic heterocycles. The number of hydrogen-bond donors (Lipinski definition) is 1. The second kappa shape index (κ2) is 12.6. The van der Waals surface area contributed by atoms with Gasteiger partial charge in [0, 0.05) is 36.0 Å². The molecule has 1 aromatic carbocycles. The van der Waals surface area contributed by atoms with E-state index < -0.39 is 36.5 Å². The van der Waals surface area contributed by atoms with Gasteiger partial charge >= 0.3 is 12.4 Å². The minimum Gasteiger partial charge on any atom is -0.405 e. The van der Waals surface area contributed by atoms with Crippen molar-refractivity contribution in [2.45, 2.75) is 60.1 Å². The number of halogens is 3. The Morgan fingerprint density at radius 3 is 2.34 bits per heavy atom. The van der Waals surface area contributed by atoms with Crippen LogP contribution in [0.2, 0.25) is 0 Å². The van der Waals surface area contributed by atoms with Crippen molar-refractivity contribution >= 4 is 23.4 Å². The number of para-hydroxylation sites is 1. The SMILES string of the molecule is C=C1C(/C(C)=N/OC(C)C)=CN(CC(=O)c2ccccc2OC(F)(F)F)C(=O)N1CC(C)NC(=O)C(C)C. The summed E-state index contributed by atoms with van der Waals surface area (Å²) in [6.45, 7) is 13.8. The number of nitrogens with one attached hydrogen (secondary N) is 1. The fourth-order valence-corrected chi connectivity index (χ4v) is 3.42. The Morgan fingerprint density at radius 1 is 1.13 bits per heavy atom. The molecule has 2 rings (SSSR count). The average molecular weight is 539 g/mol. The fraction of sp³-hybridized carbons (Fsp3) is 0.462. The summed E-state index contributed by atoms with van der Waals surface area (Å²) >= 11 is 0. The number of benzene rings is 1. The van der Waals surface area contributed by atoms with E-state index in [9.17, 15) is 27.6 Å². The van der Waals surface area contributed by atoms with Crippen LogP contribution in [0.15, 0.2) is 53.5 Å². The van der Waals surface area contributed by atoms with Gasteiger partial charge in [-0.1, -0.05) is 37.7 Å².